The van der Waals surface area contributed by atoms with E-state index in [9.17, 15) is 4.79 Å². The molecule has 2 N–H and O–H groups in total. The summed E-state index contributed by atoms with van der Waals surface area (Å²) in [5.74, 6) is 1.64. The summed E-state index contributed by atoms with van der Waals surface area (Å²) in [4.78, 5) is 26.8. The molecular formula is C26H34N8O2. The second-order valence-corrected chi connectivity index (χ2v) is 9.96. The number of anilines is 2. The molecule has 0 saturated carbocycles. The smallest absolute Gasteiger partial charge is 0.318 e. The van der Waals surface area contributed by atoms with Crippen molar-refractivity contribution in [3.05, 3.63) is 30.0 Å². The lowest BCUT2D eigenvalue weighted by atomic mass is 10.1. The Labute approximate surface area is 211 Å². The Hall–Kier alpha value is -3.24. The lowest BCUT2D eigenvalue weighted by molar-refractivity contribution is 0.0303. The van der Waals surface area contributed by atoms with E-state index in [0.717, 1.165) is 85.9 Å². The fraction of sp³-hybridized carbons (Fsp3) is 0.538. The molecule has 0 radical (unpaired) electrons. The van der Waals surface area contributed by atoms with Crippen LogP contribution in [-0.4, -0.2) is 76.1 Å². The maximum atomic E-state index is 11.7. The van der Waals surface area contributed by atoms with Gasteiger partial charge in [-0.2, -0.15) is 5.10 Å². The first-order chi connectivity index (χ1) is 17.6. The summed E-state index contributed by atoms with van der Waals surface area (Å²) in [6.45, 7) is 7.61. The van der Waals surface area contributed by atoms with Gasteiger partial charge in [-0.25, -0.2) is 19.4 Å². The summed E-state index contributed by atoms with van der Waals surface area (Å²) >= 11 is 0. The van der Waals surface area contributed by atoms with E-state index in [1.165, 1.54) is 12.8 Å². The van der Waals surface area contributed by atoms with Crippen molar-refractivity contribution in [2.75, 3.05) is 43.4 Å². The molecule has 2 aromatic heterocycles. The highest BCUT2D eigenvalue weighted by atomic mass is 16.5. The third-order valence-electron chi connectivity index (χ3n) is 7.49. The van der Waals surface area contributed by atoms with Crippen LogP contribution in [0, 0.1) is 0 Å². The molecule has 2 amide bonds. The largest absolute Gasteiger partial charge is 0.371 e. The molecule has 3 saturated heterocycles. The molecule has 2 bridgehead atoms. The Kier molecular flexibility index (Phi) is 6.22. The number of aryl methyl sites for hydroxylation is 1. The molecule has 0 aliphatic carbocycles. The molecule has 3 aromatic rings. The standard InChI is InChI=1S/C26H34N8O2/c1-3-34-25-22(21(31-34)16-32-12-4-5-13-32)24(33-14-19-10-11-20(15-33)36-19)29-23(30-25)17-6-8-18(9-7-17)28-26(35)27-2/h6-9,19-20H,3-5,10-16H2,1-2H3,(H2,27,28,35). The Morgan fingerprint density at radius 3 is 2.47 bits per heavy atom. The zero-order valence-electron chi connectivity index (χ0n) is 21.0. The van der Waals surface area contributed by atoms with E-state index < -0.39 is 0 Å². The number of hydrogen-bond donors (Lipinski definition) is 2. The number of ether oxygens (including phenoxy) is 1. The van der Waals surface area contributed by atoms with Crippen LogP contribution in [0.4, 0.5) is 16.3 Å². The molecule has 3 aliphatic heterocycles. The highest BCUT2D eigenvalue weighted by Gasteiger charge is 2.36. The van der Waals surface area contributed by atoms with Crippen LogP contribution in [0.15, 0.2) is 24.3 Å². The van der Waals surface area contributed by atoms with Gasteiger partial charge in [0.05, 0.1) is 23.3 Å². The number of carbonyl (C=O) groups is 1. The molecule has 36 heavy (non-hydrogen) atoms. The molecule has 1 aromatic carbocycles. The third-order valence-corrected chi connectivity index (χ3v) is 7.49. The van der Waals surface area contributed by atoms with Crippen LogP contribution in [0.2, 0.25) is 0 Å². The molecule has 2 unspecified atom stereocenters. The predicted molar refractivity (Wildman–Crippen MR) is 139 cm³/mol. The molecule has 10 heteroatoms. The van der Waals surface area contributed by atoms with Gasteiger partial charge in [0.1, 0.15) is 5.82 Å². The Morgan fingerprint density at radius 1 is 1.08 bits per heavy atom. The fourth-order valence-electron chi connectivity index (χ4n) is 5.65. The van der Waals surface area contributed by atoms with Gasteiger partial charge in [-0.05, 0) is 70.0 Å². The number of amides is 2. The average molecular weight is 491 g/mol. The molecule has 10 nitrogen and oxygen atoms in total. The van der Waals surface area contributed by atoms with Crippen LogP contribution < -0.4 is 15.5 Å². The molecule has 3 fully saturated rings. The summed E-state index contributed by atoms with van der Waals surface area (Å²) in [5, 5.41) is 11.5. The van der Waals surface area contributed by atoms with Crippen LogP contribution in [0.3, 0.4) is 0 Å². The number of nitrogens with one attached hydrogen (secondary N) is 2. The number of morpholine rings is 1. The van der Waals surface area contributed by atoms with E-state index in [0.29, 0.717) is 5.82 Å². The van der Waals surface area contributed by atoms with E-state index in [1.54, 1.807) is 7.05 Å². The number of benzene rings is 1. The van der Waals surface area contributed by atoms with Crippen molar-refractivity contribution in [1.82, 2.24) is 30.0 Å². The van der Waals surface area contributed by atoms with Crippen LogP contribution in [0.5, 0.6) is 0 Å². The van der Waals surface area contributed by atoms with Crippen molar-refractivity contribution in [2.45, 2.75) is 57.9 Å². The quantitative estimate of drug-likeness (QED) is 0.547. The summed E-state index contributed by atoms with van der Waals surface area (Å²) in [6.07, 6.45) is 5.23. The minimum absolute atomic E-state index is 0.248. The summed E-state index contributed by atoms with van der Waals surface area (Å²) in [5.41, 5.74) is 3.58. The van der Waals surface area contributed by atoms with Gasteiger partial charge in [0.2, 0.25) is 0 Å². The number of aromatic nitrogens is 4. The predicted octanol–water partition coefficient (Wildman–Crippen LogP) is 3.23. The lowest BCUT2D eigenvalue weighted by Gasteiger charge is -2.33. The number of carbonyl (C=O) groups excluding carboxylic acids is 1. The highest BCUT2D eigenvalue weighted by molar-refractivity contribution is 5.92. The summed E-state index contributed by atoms with van der Waals surface area (Å²) in [6, 6.07) is 7.42. The van der Waals surface area contributed by atoms with Gasteiger partial charge >= 0.3 is 6.03 Å². The van der Waals surface area contributed by atoms with E-state index in [4.69, 9.17) is 19.8 Å². The topological polar surface area (TPSA) is 100 Å². The summed E-state index contributed by atoms with van der Waals surface area (Å²) < 4.78 is 8.16. The van der Waals surface area contributed by atoms with Crippen molar-refractivity contribution in [1.29, 1.82) is 0 Å². The second kappa shape index (κ2) is 9.67. The first-order valence-corrected chi connectivity index (χ1v) is 13.1. The first kappa shape index (κ1) is 23.2. The molecule has 190 valence electrons. The molecule has 3 aliphatic rings. The minimum atomic E-state index is -0.248. The Morgan fingerprint density at radius 2 is 1.81 bits per heavy atom. The minimum Gasteiger partial charge on any atom is -0.371 e. The molecule has 5 heterocycles. The fourth-order valence-corrected chi connectivity index (χ4v) is 5.65. The molecular weight excluding hydrogens is 456 g/mol. The van der Waals surface area contributed by atoms with Gasteiger partial charge in [-0.15, -0.1) is 0 Å². The van der Waals surface area contributed by atoms with Crippen LogP contribution in [-0.2, 0) is 17.8 Å². The number of fused-ring (bicyclic) bond motifs is 3. The molecule has 6 rings (SSSR count). The van der Waals surface area contributed by atoms with Crippen molar-refractivity contribution in [3.8, 4) is 11.4 Å². The van der Waals surface area contributed by atoms with E-state index in [2.05, 4.69) is 27.4 Å². The zero-order valence-corrected chi connectivity index (χ0v) is 21.0. The molecule has 2 atom stereocenters. The van der Waals surface area contributed by atoms with Gasteiger partial charge in [0.15, 0.2) is 11.5 Å². The van der Waals surface area contributed by atoms with Crippen LogP contribution in [0.1, 0.15) is 38.3 Å². The third kappa shape index (κ3) is 4.39. The zero-order chi connectivity index (χ0) is 24.6. The second-order valence-electron chi connectivity index (χ2n) is 9.96. The number of rotatable bonds is 6. The van der Waals surface area contributed by atoms with Crippen LogP contribution in [0.25, 0.3) is 22.4 Å². The van der Waals surface area contributed by atoms with E-state index >= 15 is 0 Å². The maximum Gasteiger partial charge on any atom is 0.318 e. The van der Waals surface area contributed by atoms with Gasteiger partial charge in [0, 0.05) is 44.5 Å². The lowest BCUT2D eigenvalue weighted by Crippen LogP contribution is -2.43. The normalized spacial score (nSPS) is 21.9. The maximum absolute atomic E-state index is 11.7. The molecule has 0 spiro atoms. The monoisotopic (exact) mass is 490 g/mol. The number of likely N-dealkylation sites (tertiary alicyclic amines) is 1. The van der Waals surface area contributed by atoms with E-state index in [1.807, 2.05) is 28.9 Å². The van der Waals surface area contributed by atoms with Crippen molar-refractivity contribution >= 4 is 28.6 Å². The Bertz CT molecular complexity index is 1240. The van der Waals surface area contributed by atoms with E-state index in [-0.39, 0.29) is 18.2 Å². The van der Waals surface area contributed by atoms with Crippen molar-refractivity contribution < 1.29 is 9.53 Å². The van der Waals surface area contributed by atoms with Crippen LogP contribution >= 0.6 is 0 Å². The summed E-state index contributed by atoms with van der Waals surface area (Å²) in [7, 11) is 1.60. The SMILES string of the molecule is CCn1nc(CN2CCCC2)c2c(N3CC4CCC(C3)O4)nc(-c3ccc(NC(=O)NC)cc3)nc21. The number of hydrogen-bond acceptors (Lipinski definition) is 7. The van der Waals surface area contributed by atoms with Gasteiger partial charge in [0.25, 0.3) is 0 Å². The van der Waals surface area contributed by atoms with Gasteiger partial charge in [-0.1, -0.05) is 0 Å². The first-order valence-electron chi connectivity index (χ1n) is 13.1. The highest BCUT2D eigenvalue weighted by Crippen LogP contribution is 2.36. The van der Waals surface area contributed by atoms with Gasteiger partial charge < -0.3 is 20.3 Å². The number of nitrogens with zero attached hydrogens (tertiary/aromatic N) is 6. The van der Waals surface area contributed by atoms with Gasteiger partial charge in [-0.3, -0.25) is 4.90 Å². The van der Waals surface area contributed by atoms with Crippen molar-refractivity contribution in [2.24, 2.45) is 0 Å². The van der Waals surface area contributed by atoms with Crippen molar-refractivity contribution in [3.63, 3.8) is 0 Å². The Balaban J connectivity index is 1.44. The number of urea groups is 1. The average Bonchev–Trinajstić information content (AvgIpc) is 3.63.